The smallest absolute Gasteiger partial charge is 0.611 e. The van der Waals surface area contributed by atoms with Gasteiger partial charge in [-0.2, -0.15) is 0 Å². The fraction of sp³-hybridized carbons (Fsp3) is 0.429. The molecule has 3 rings (SSSR count). The zero-order valence-corrected chi connectivity index (χ0v) is 22.4. The molecule has 0 aromatic heterocycles. The summed E-state index contributed by atoms with van der Waals surface area (Å²) in [4.78, 5) is 1.39. The molecule has 0 saturated carbocycles. The van der Waals surface area contributed by atoms with Gasteiger partial charge in [0.15, 0.2) is 0 Å². The lowest BCUT2D eigenvalue weighted by molar-refractivity contribution is 0.396. The Hall–Kier alpha value is -0.318. The first-order valence-corrected chi connectivity index (χ1v) is 14.1. The van der Waals surface area contributed by atoms with Gasteiger partial charge in [0.05, 0.1) is 20.6 Å². The lowest BCUT2D eigenvalue weighted by Crippen LogP contribution is -2.31. The monoisotopic (exact) mass is 542 g/mol. The summed E-state index contributed by atoms with van der Waals surface area (Å²) in [6, 6.07) is 7.94. The van der Waals surface area contributed by atoms with E-state index in [4.69, 9.17) is 7.58 Å². The first-order valence-electron chi connectivity index (χ1n) is 9.22. The Balaban J connectivity index is 2.35. The summed E-state index contributed by atoms with van der Waals surface area (Å²) in [5.41, 5.74) is 1.76. The Morgan fingerprint density at radius 3 is 1.46 bits per heavy atom. The number of hydrogen-bond acceptors (Lipinski definition) is 3. The predicted octanol–water partition coefficient (Wildman–Crippen LogP) is 6.86. The molecule has 0 N–H and O–H groups in total. The molecule has 28 heavy (non-hydrogen) atoms. The largest absolute Gasteiger partial charge is 0.853 e. The Bertz CT molecular complexity index is 886. The Kier molecular flexibility index (Phi) is 6.18. The van der Waals surface area contributed by atoms with Crippen LogP contribution in [0.5, 0.6) is 11.5 Å². The zero-order chi connectivity index (χ0) is 21.0. The molecule has 2 aromatic rings. The van der Waals surface area contributed by atoms with Crippen molar-refractivity contribution in [3.63, 3.8) is 0 Å². The van der Waals surface area contributed by atoms with Crippen LogP contribution < -0.4 is 7.58 Å². The summed E-state index contributed by atoms with van der Waals surface area (Å²) < 4.78 is 28.3. The highest BCUT2D eigenvalue weighted by molar-refractivity contribution is 9.10. The maximum absolute atomic E-state index is 13.8. The molecule has 0 spiro atoms. The van der Waals surface area contributed by atoms with Gasteiger partial charge in [-0.25, -0.2) is 4.21 Å². The molecule has 0 unspecified atom stereocenters. The Morgan fingerprint density at radius 2 is 1.14 bits per heavy atom. The third kappa shape index (κ3) is 4.39. The van der Waals surface area contributed by atoms with E-state index < -0.39 is 25.6 Å². The lowest BCUT2D eigenvalue weighted by atomic mass is 9.86. The van der Waals surface area contributed by atoms with E-state index in [9.17, 15) is 4.21 Å². The van der Waals surface area contributed by atoms with Gasteiger partial charge in [-0.15, -0.1) is 0 Å². The fourth-order valence-corrected chi connectivity index (χ4v) is 7.21. The molecule has 1 heterocycles. The van der Waals surface area contributed by atoms with Crippen LogP contribution in [0.1, 0.15) is 52.7 Å². The maximum Gasteiger partial charge on any atom is 0.853 e. The molecule has 2 aromatic carbocycles. The summed E-state index contributed by atoms with van der Waals surface area (Å²) >= 11 is 5.14. The van der Waals surface area contributed by atoms with E-state index in [0.29, 0.717) is 21.3 Å². The third-order valence-corrected chi connectivity index (χ3v) is 8.08. The first-order chi connectivity index (χ1) is 12.8. The average molecular weight is 544 g/mol. The molecular weight excluding hydrogens is 519 g/mol. The second-order valence-electron chi connectivity index (χ2n) is 9.13. The minimum atomic E-state index is -2.07. The summed E-state index contributed by atoms with van der Waals surface area (Å²) in [5.74, 6) is 3.43. The molecule has 150 valence electrons. The van der Waals surface area contributed by atoms with Crippen molar-refractivity contribution in [2.24, 2.45) is 0 Å². The van der Waals surface area contributed by atoms with Gasteiger partial charge in [-0.1, -0.05) is 73.4 Å². The second kappa shape index (κ2) is 7.74. The Morgan fingerprint density at radius 1 is 0.786 bits per heavy atom. The van der Waals surface area contributed by atoms with Crippen LogP contribution >= 0.6 is 31.9 Å². The molecule has 0 saturated heterocycles. The molecule has 7 heteroatoms. The van der Waals surface area contributed by atoms with E-state index in [0.717, 1.165) is 20.1 Å². The van der Waals surface area contributed by atoms with Crippen molar-refractivity contribution >= 4 is 57.5 Å². The zero-order valence-electron chi connectivity index (χ0n) is 17.3. The van der Waals surface area contributed by atoms with Gasteiger partial charge in [-0.3, -0.25) is 0 Å². The van der Waals surface area contributed by atoms with Crippen LogP contribution in [0.4, 0.5) is 0 Å². The minimum Gasteiger partial charge on any atom is -0.611 e. The van der Waals surface area contributed by atoms with Crippen molar-refractivity contribution in [3.05, 3.63) is 44.3 Å². The lowest BCUT2D eigenvalue weighted by Gasteiger charge is -2.32. The van der Waals surface area contributed by atoms with E-state index in [1.807, 2.05) is 17.9 Å². The van der Waals surface area contributed by atoms with Crippen molar-refractivity contribution in [2.45, 2.75) is 67.9 Å². The van der Waals surface area contributed by atoms with Crippen molar-refractivity contribution in [1.82, 2.24) is 0 Å². The highest BCUT2D eigenvalue weighted by Gasteiger charge is 2.37. The summed E-state index contributed by atoms with van der Waals surface area (Å²) in [7, 11) is -1.43. The van der Waals surface area contributed by atoms with Crippen LogP contribution in [0.25, 0.3) is 0 Å². The van der Waals surface area contributed by atoms with E-state index in [1.165, 1.54) is 0 Å². The van der Waals surface area contributed by atoms with Gasteiger partial charge in [0.1, 0.15) is 11.5 Å². The summed E-state index contributed by atoms with van der Waals surface area (Å²) in [5, 5.41) is 0. The van der Waals surface area contributed by atoms with Gasteiger partial charge in [-0.05, 0) is 52.0 Å². The molecule has 0 aliphatic carbocycles. The normalized spacial score (nSPS) is 15.1. The molecular formula is C21H25AlBr2O3S. The SMILES string of the molecule is [CH3][Al]1[O]c2c(cc(Br)cc2C(C)(C)C)S(=O)c2cc(Br)cc(C(C)(C)C)c2[O]1. The number of halogens is 2. The molecule has 0 bridgehead atoms. The van der Waals surface area contributed by atoms with Gasteiger partial charge in [0, 0.05) is 8.95 Å². The van der Waals surface area contributed by atoms with E-state index in [2.05, 4.69) is 85.5 Å². The van der Waals surface area contributed by atoms with Crippen LogP contribution in [0.2, 0.25) is 5.79 Å². The maximum atomic E-state index is 13.8. The van der Waals surface area contributed by atoms with Crippen LogP contribution in [0.3, 0.4) is 0 Å². The van der Waals surface area contributed by atoms with Crippen molar-refractivity contribution in [1.29, 1.82) is 0 Å². The van der Waals surface area contributed by atoms with Gasteiger partial charge >= 0.3 is 14.8 Å². The molecule has 3 nitrogen and oxygen atoms in total. The molecule has 1 aliphatic heterocycles. The summed E-state index contributed by atoms with van der Waals surface area (Å²) in [6.07, 6.45) is 0. The van der Waals surface area contributed by atoms with Crippen molar-refractivity contribution in [3.8, 4) is 11.5 Å². The van der Waals surface area contributed by atoms with Crippen molar-refractivity contribution in [2.75, 3.05) is 0 Å². The molecule has 0 atom stereocenters. The Labute approximate surface area is 192 Å². The first kappa shape index (κ1) is 22.4. The van der Waals surface area contributed by atoms with E-state index in [1.54, 1.807) is 0 Å². The molecule has 0 fully saturated rings. The van der Waals surface area contributed by atoms with Crippen LogP contribution in [-0.4, -0.2) is 19.0 Å². The standard InChI is InChI=1S/C20H24Br2O3S.CH3.Al/c1-19(2,3)13-7-11(21)9-15(17(13)23)26(25)16-10-12(22)8-14(18(16)24)20(4,5)6;;/h7-10,23-24H,1-6H3;1H3;/q;;+2/p-2. The van der Waals surface area contributed by atoms with Gasteiger partial charge in [0.2, 0.25) is 0 Å². The number of benzene rings is 2. The third-order valence-electron chi connectivity index (χ3n) is 4.62. The summed E-state index contributed by atoms with van der Waals surface area (Å²) in [6.45, 7) is 12.8. The van der Waals surface area contributed by atoms with Gasteiger partial charge < -0.3 is 7.58 Å². The van der Waals surface area contributed by atoms with Crippen LogP contribution in [0.15, 0.2) is 43.0 Å². The number of rotatable bonds is 0. The average Bonchev–Trinajstić information content (AvgIpc) is 2.53. The van der Waals surface area contributed by atoms with Crippen LogP contribution in [-0.2, 0) is 21.6 Å². The highest BCUT2D eigenvalue weighted by atomic mass is 79.9. The van der Waals surface area contributed by atoms with Gasteiger partial charge in [0.25, 0.3) is 0 Å². The minimum absolute atomic E-state index is 0.151. The van der Waals surface area contributed by atoms with Crippen LogP contribution in [0, 0.1) is 0 Å². The van der Waals surface area contributed by atoms with Crippen molar-refractivity contribution < 1.29 is 11.8 Å². The topological polar surface area (TPSA) is 35.5 Å². The number of hydrogen-bond donors (Lipinski definition) is 0. The quantitative estimate of drug-likeness (QED) is 0.340. The fourth-order valence-electron chi connectivity index (χ4n) is 3.24. The highest BCUT2D eigenvalue weighted by Crippen LogP contribution is 2.45. The predicted molar refractivity (Wildman–Crippen MR) is 123 cm³/mol. The number of fused-ring (bicyclic) bond motifs is 2. The van der Waals surface area contributed by atoms with E-state index >= 15 is 0 Å². The molecule has 1 aliphatic rings. The molecule has 0 radical (unpaired) electrons. The molecule has 0 amide bonds. The second-order valence-corrected chi connectivity index (χ2v) is 14.0. The van der Waals surface area contributed by atoms with E-state index in [-0.39, 0.29) is 10.8 Å².